The Labute approximate surface area is 137 Å². The normalized spacial score (nSPS) is 11.2. The van der Waals surface area contributed by atoms with Crippen molar-refractivity contribution >= 4 is 45.1 Å². The Morgan fingerprint density at radius 1 is 1.23 bits per heavy atom. The van der Waals surface area contributed by atoms with Crippen molar-refractivity contribution in [2.45, 2.75) is 6.92 Å². The standard InChI is InChI=1S/C17H13ClN2OS/c1-11-5-4-6-12(9-11)10-19-20-17(21)16-15(18)13-7-2-3-8-14(13)22-16/h2-10H,1H3,(H,20,21)/b19-10+. The topological polar surface area (TPSA) is 41.5 Å². The van der Waals surface area contributed by atoms with Crippen molar-refractivity contribution in [3.63, 3.8) is 0 Å². The number of carbonyl (C=O) groups excluding carboxylic acids is 1. The summed E-state index contributed by atoms with van der Waals surface area (Å²) in [6.45, 7) is 2.01. The summed E-state index contributed by atoms with van der Waals surface area (Å²) < 4.78 is 0.986. The van der Waals surface area contributed by atoms with Gasteiger partial charge in [0.15, 0.2) is 0 Å². The second-order valence-corrected chi connectivity index (χ2v) is 6.28. The summed E-state index contributed by atoms with van der Waals surface area (Å²) in [5.74, 6) is -0.296. The maximum Gasteiger partial charge on any atom is 0.283 e. The summed E-state index contributed by atoms with van der Waals surface area (Å²) in [4.78, 5) is 12.7. The van der Waals surface area contributed by atoms with Crippen LogP contribution >= 0.6 is 22.9 Å². The van der Waals surface area contributed by atoms with Gasteiger partial charge in [0.2, 0.25) is 0 Å². The van der Waals surface area contributed by atoms with Gasteiger partial charge < -0.3 is 0 Å². The number of nitrogens with one attached hydrogen (secondary N) is 1. The Hall–Kier alpha value is -2.17. The summed E-state index contributed by atoms with van der Waals surface area (Å²) in [7, 11) is 0. The van der Waals surface area contributed by atoms with Gasteiger partial charge in [0.25, 0.3) is 5.91 Å². The average Bonchev–Trinajstić information content (AvgIpc) is 2.85. The molecule has 0 aliphatic rings. The van der Waals surface area contributed by atoms with Crippen LogP contribution in [0.5, 0.6) is 0 Å². The van der Waals surface area contributed by atoms with Crippen LogP contribution in [-0.4, -0.2) is 12.1 Å². The lowest BCUT2D eigenvalue weighted by Gasteiger charge is -1.98. The third kappa shape index (κ3) is 3.03. The number of thiophene rings is 1. The van der Waals surface area contributed by atoms with E-state index in [1.807, 2.05) is 55.5 Å². The minimum Gasteiger partial charge on any atom is -0.266 e. The van der Waals surface area contributed by atoms with Gasteiger partial charge in [-0.2, -0.15) is 5.10 Å². The Kier molecular flexibility index (Phi) is 4.22. The number of rotatable bonds is 3. The molecule has 3 rings (SSSR count). The van der Waals surface area contributed by atoms with Gasteiger partial charge in [0.1, 0.15) is 4.88 Å². The predicted octanol–water partition coefficient (Wildman–Crippen LogP) is 4.63. The van der Waals surface area contributed by atoms with Crippen molar-refractivity contribution in [2.24, 2.45) is 5.10 Å². The third-order valence-electron chi connectivity index (χ3n) is 3.16. The minimum absolute atomic E-state index is 0.296. The van der Waals surface area contributed by atoms with Crippen LogP contribution in [0, 0.1) is 6.92 Å². The average molecular weight is 329 g/mol. The maximum atomic E-state index is 12.2. The second kappa shape index (κ2) is 6.30. The summed E-state index contributed by atoms with van der Waals surface area (Å²) in [6.07, 6.45) is 1.62. The van der Waals surface area contributed by atoms with Crippen LogP contribution in [0.3, 0.4) is 0 Å². The smallest absolute Gasteiger partial charge is 0.266 e. The first kappa shape index (κ1) is 14.8. The molecule has 5 heteroatoms. The first-order valence-electron chi connectivity index (χ1n) is 6.72. The summed E-state index contributed by atoms with van der Waals surface area (Å²) >= 11 is 7.63. The lowest BCUT2D eigenvalue weighted by Crippen LogP contribution is -2.16. The SMILES string of the molecule is Cc1cccc(/C=N/NC(=O)c2sc3ccccc3c2Cl)c1. The second-order valence-electron chi connectivity index (χ2n) is 4.85. The van der Waals surface area contributed by atoms with Crippen LogP contribution in [0.15, 0.2) is 53.6 Å². The molecule has 110 valence electrons. The molecule has 0 saturated heterocycles. The lowest BCUT2D eigenvalue weighted by atomic mass is 10.2. The van der Waals surface area contributed by atoms with E-state index in [4.69, 9.17) is 11.6 Å². The number of hydrazone groups is 1. The molecule has 0 aliphatic carbocycles. The molecular formula is C17H13ClN2OS. The van der Waals surface area contributed by atoms with E-state index in [1.54, 1.807) is 6.21 Å². The molecule has 0 atom stereocenters. The quantitative estimate of drug-likeness (QED) is 0.553. The number of fused-ring (bicyclic) bond motifs is 1. The fraction of sp³-hybridized carbons (Fsp3) is 0.0588. The molecule has 0 spiro atoms. The van der Waals surface area contributed by atoms with E-state index in [0.29, 0.717) is 9.90 Å². The fourth-order valence-electron chi connectivity index (χ4n) is 2.13. The number of hydrogen-bond donors (Lipinski definition) is 1. The first-order valence-corrected chi connectivity index (χ1v) is 7.92. The fourth-order valence-corrected chi connectivity index (χ4v) is 3.53. The first-order chi connectivity index (χ1) is 10.6. The molecule has 0 unspecified atom stereocenters. The molecule has 1 amide bonds. The highest BCUT2D eigenvalue weighted by atomic mass is 35.5. The van der Waals surface area contributed by atoms with Crippen LogP contribution in [0.4, 0.5) is 0 Å². The highest BCUT2D eigenvalue weighted by molar-refractivity contribution is 7.21. The molecule has 0 bridgehead atoms. The Morgan fingerprint density at radius 3 is 2.82 bits per heavy atom. The van der Waals surface area contributed by atoms with E-state index in [2.05, 4.69) is 10.5 Å². The number of amides is 1. The number of nitrogens with zero attached hydrogens (tertiary/aromatic N) is 1. The highest BCUT2D eigenvalue weighted by Gasteiger charge is 2.16. The van der Waals surface area contributed by atoms with Gasteiger partial charge in [-0.3, -0.25) is 4.79 Å². The Morgan fingerprint density at radius 2 is 2.05 bits per heavy atom. The Bertz CT molecular complexity index is 870. The third-order valence-corrected chi connectivity index (χ3v) is 4.84. The van der Waals surface area contributed by atoms with Gasteiger partial charge in [0, 0.05) is 10.1 Å². The zero-order valence-corrected chi connectivity index (χ0v) is 13.4. The van der Waals surface area contributed by atoms with Gasteiger partial charge in [-0.05, 0) is 18.6 Å². The molecule has 0 fully saturated rings. The highest BCUT2D eigenvalue weighted by Crippen LogP contribution is 2.34. The van der Waals surface area contributed by atoms with Crippen molar-refractivity contribution < 1.29 is 4.79 Å². The molecule has 3 aromatic rings. The maximum absolute atomic E-state index is 12.2. The van der Waals surface area contributed by atoms with Crippen LogP contribution in [0.1, 0.15) is 20.8 Å². The number of halogens is 1. The van der Waals surface area contributed by atoms with E-state index in [-0.39, 0.29) is 5.91 Å². The van der Waals surface area contributed by atoms with E-state index in [1.165, 1.54) is 11.3 Å². The van der Waals surface area contributed by atoms with Crippen LogP contribution < -0.4 is 5.43 Å². The van der Waals surface area contributed by atoms with Crippen molar-refractivity contribution in [1.82, 2.24) is 5.43 Å². The van der Waals surface area contributed by atoms with Crippen LogP contribution in [0.2, 0.25) is 5.02 Å². The van der Waals surface area contributed by atoms with E-state index in [0.717, 1.165) is 21.2 Å². The molecule has 1 aromatic heterocycles. The molecule has 3 nitrogen and oxygen atoms in total. The lowest BCUT2D eigenvalue weighted by molar-refractivity contribution is 0.0959. The monoisotopic (exact) mass is 328 g/mol. The molecule has 1 N–H and O–H groups in total. The molecule has 1 heterocycles. The van der Waals surface area contributed by atoms with Crippen molar-refractivity contribution in [3.05, 3.63) is 69.6 Å². The van der Waals surface area contributed by atoms with E-state index < -0.39 is 0 Å². The zero-order chi connectivity index (χ0) is 15.5. The van der Waals surface area contributed by atoms with Crippen LogP contribution in [-0.2, 0) is 0 Å². The van der Waals surface area contributed by atoms with Crippen LogP contribution in [0.25, 0.3) is 10.1 Å². The van der Waals surface area contributed by atoms with E-state index >= 15 is 0 Å². The predicted molar refractivity (Wildman–Crippen MR) is 93.1 cm³/mol. The van der Waals surface area contributed by atoms with Crippen molar-refractivity contribution in [1.29, 1.82) is 0 Å². The summed E-state index contributed by atoms with van der Waals surface area (Å²) in [6, 6.07) is 15.5. The number of aryl methyl sites for hydroxylation is 1. The summed E-state index contributed by atoms with van der Waals surface area (Å²) in [5, 5.41) is 5.36. The van der Waals surface area contributed by atoms with Gasteiger partial charge in [0.05, 0.1) is 11.2 Å². The van der Waals surface area contributed by atoms with Gasteiger partial charge in [-0.25, -0.2) is 5.43 Å². The largest absolute Gasteiger partial charge is 0.283 e. The van der Waals surface area contributed by atoms with Crippen molar-refractivity contribution in [2.75, 3.05) is 0 Å². The molecule has 0 saturated carbocycles. The number of benzene rings is 2. The van der Waals surface area contributed by atoms with E-state index in [9.17, 15) is 4.79 Å². The number of hydrogen-bond acceptors (Lipinski definition) is 3. The Balaban J connectivity index is 1.77. The molecular weight excluding hydrogens is 316 g/mol. The molecule has 22 heavy (non-hydrogen) atoms. The molecule has 0 aliphatic heterocycles. The summed E-state index contributed by atoms with van der Waals surface area (Å²) in [5.41, 5.74) is 4.60. The van der Waals surface area contributed by atoms with Gasteiger partial charge in [-0.1, -0.05) is 59.6 Å². The zero-order valence-electron chi connectivity index (χ0n) is 11.8. The van der Waals surface area contributed by atoms with Gasteiger partial charge >= 0.3 is 0 Å². The van der Waals surface area contributed by atoms with Gasteiger partial charge in [-0.15, -0.1) is 11.3 Å². The molecule has 0 radical (unpaired) electrons. The minimum atomic E-state index is -0.296. The van der Waals surface area contributed by atoms with Crippen molar-refractivity contribution in [3.8, 4) is 0 Å². The number of carbonyl (C=O) groups is 1. The molecule has 2 aromatic carbocycles.